The van der Waals surface area contributed by atoms with E-state index < -0.39 is 0 Å². The fourth-order valence-electron chi connectivity index (χ4n) is 1.09. The van der Waals surface area contributed by atoms with Gasteiger partial charge in [0.05, 0.1) is 0 Å². The zero-order valence-electron chi connectivity index (χ0n) is 8.48. The second kappa shape index (κ2) is 5.89. The highest BCUT2D eigenvalue weighted by Crippen LogP contribution is 2.23. The van der Waals surface area contributed by atoms with E-state index in [-0.39, 0.29) is 0 Å². The molecule has 1 aromatic carbocycles. The maximum atomic E-state index is 3.50. The first-order valence-electron chi connectivity index (χ1n) is 4.80. The molecular weight excluding hydrogens is 306 g/mol. The third-order valence-corrected chi connectivity index (χ3v) is 4.13. The number of hydrogen-bond donors (Lipinski definition) is 1. The molecule has 1 nitrogen and oxygen atoms in total. The smallest absolute Gasteiger partial charge is 0.0320 e. The van der Waals surface area contributed by atoms with E-state index in [1.165, 1.54) is 5.56 Å². The zero-order valence-corrected chi connectivity index (χ0v) is 11.7. The summed E-state index contributed by atoms with van der Waals surface area (Å²) in [4.78, 5) is 0. The molecule has 78 valence electrons. The van der Waals surface area contributed by atoms with Gasteiger partial charge in [-0.15, -0.1) is 0 Å². The number of halogens is 2. The Hall–Kier alpha value is 0.140. The fourth-order valence-corrected chi connectivity index (χ4v) is 1.76. The number of rotatable bonds is 4. The maximum absolute atomic E-state index is 3.50. The highest BCUT2D eigenvalue weighted by molar-refractivity contribution is 9.13. The van der Waals surface area contributed by atoms with Crippen LogP contribution in [0, 0.1) is 0 Å². The molecule has 0 amide bonds. The van der Waals surface area contributed by atoms with Crippen LogP contribution in [0.15, 0.2) is 27.1 Å². The first kappa shape index (κ1) is 12.2. The lowest BCUT2D eigenvalue weighted by Gasteiger charge is -2.11. The van der Waals surface area contributed by atoms with E-state index in [0.717, 1.165) is 21.9 Å². The molecule has 0 radical (unpaired) electrons. The van der Waals surface area contributed by atoms with Crippen molar-refractivity contribution in [1.82, 2.24) is 5.32 Å². The molecule has 14 heavy (non-hydrogen) atoms. The molecule has 1 unspecified atom stereocenters. The van der Waals surface area contributed by atoms with Gasteiger partial charge < -0.3 is 5.32 Å². The Morgan fingerprint density at radius 3 is 2.57 bits per heavy atom. The summed E-state index contributed by atoms with van der Waals surface area (Å²) >= 11 is 6.95. The van der Waals surface area contributed by atoms with Crippen LogP contribution in [0.3, 0.4) is 0 Å². The second-order valence-corrected chi connectivity index (χ2v) is 5.15. The molecule has 0 spiro atoms. The quantitative estimate of drug-likeness (QED) is 0.880. The molecule has 0 aliphatic rings. The SMILES string of the molecule is CCC(C)NCc1ccc(Br)c(Br)c1. The lowest BCUT2D eigenvalue weighted by atomic mass is 10.2. The van der Waals surface area contributed by atoms with Gasteiger partial charge in [-0.1, -0.05) is 13.0 Å². The summed E-state index contributed by atoms with van der Waals surface area (Å²) in [6.07, 6.45) is 1.16. The van der Waals surface area contributed by atoms with E-state index in [4.69, 9.17) is 0 Å². The number of nitrogens with one attached hydrogen (secondary N) is 1. The molecule has 1 rings (SSSR count). The van der Waals surface area contributed by atoms with Gasteiger partial charge >= 0.3 is 0 Å². The van der Waals surface area contributed by atoms with E-state index in [0.29, 0.717) is 6.04 Å². The van der Waals surface area contributed by atoms with E-state index in [1.807, 2.05) is 0 Å². The van der Waals surface area contributed by atoms with Gasteiger partial charge in [0.15, 0.2) is 0 Å². The van der Waals surface area contributed by atoms with Crippen molar-refractivity contribution in [1.29, 1.82) is 0 Å². The fraction of sp³-hybridized carbons (Fsp3) is 0.455. The van der Waals surface area contributed by atoms with Crippen LogP contribution in [0.5, 0.6) is 0 Å². The summed E-state index contributed by atoms with van der Waals surface area (Å²) in [7, 11) is 0. The molecule has 0 fully saturated rings. The summed E-state index contributed by atoms with van der Waals surface area (Å²) in [5.41, 5.74) is 1.31. The molecular formula is C11H15Br2N. The minimum Gasteiger partial charge on any atom is -0.310 e. The third kappa shape index (κ3) is 3.71. The predicted octanol–water partition coefficient (Wildman–Crippen LogP) is 4.10. The molecule has 0 saturated heterocycles. The largest absolute Gasteiger partial charge is 0.310 e. The van der Waals surface area contributed by atoms with Gasteiger partial charge in [0.2, 0.25) is 0 Å². The molecule has 0 heterocycles. The average molecular weight is 321 g/mol. The lowest BCUT2D eigenvalue weighted by molar-refractivity contribution is 0.534. The van der Waals surface area contributed by atoms with Gasteiger partial charge in [0.25, 0.3) is 0 Å². The Morgan fingerprint density at radius 2 is 2.00 bits per heavy atom. The molecule has 0 aromatic heterocycles. The van der Waals surface area contributed by atoms with Gasteiger partial charge in [-0.25, -0.2) is 0 Å². The van der Waals surface area contributed by atoms with Crippen molar-refractivity contribution in [3.05, 3.63) is 32.7 Å². The third-order valence-electron chi connectivity index (χ3n) is 2.25. The molecule has 0 bridgehead atoms. The average Bonchev–Trinajstić information content (AvgIpc) is 2.19. The van der Waals surface area contributed by atoms with Crippen LogP contribution in [-0.2, 0) is 6.54 Å². The van der Waals surface area contributed by atoms with Gasteiger partial charge in [-0.2, -0.15) is 0 Å². The van der Waals surface area contributed by atoms with Crippen molar-refractivity contribution >= 4 is 31.9 Å². The normalized spacial score (nSPS) is 12.9. The molecule has 0 aliphatic carbocycles. The summed E-state index contributed by atoms with van der Waals surface area (Å²) in [5, 5.41) is 3.46. The second-order valence-electron chi connectivity index (χ2n) is 3.44. The van der Waals surface area contributed by atoms with Gasteiger partial charge in [0, 0.05) is 21.5 Å². The van der Waals surface area contributed by atoms with Crippen molar-refractivity contribution in [3.63, 3.8) is 0 Å². The van der Waals surface area contributed by atoms with Gasteiger partial charge in [0.1, 0.15) is 0 Å². The van der Waals surface area contributed by atoms with Crippen LogP contribution >= 0.6 is 31.9 Å². The molecule has 1 atom stereocenters. The molecule has 0 saturated carbocycles. The Balaban J connectivity index is 2.55. The van der Waals surface area contributed by atoms with Crippen LogP contribution in [0.4, 0.5) is 0 Å². The summed E-state index contributed by atoms with van der Waals surface area (Å²) < 4.78 is 2.21. The van der Waals surface area contributed by atoms with Crippen LogP contribution in [0.1, 0.15) is 25.8 Å². The van der Waals surface area contributed by atoms with Crippen LogP contribution in [-0.4, -0.2) is 6.04 Å². The van der Waals surface area contributed by atoms with E-state index in [9.17, 15) is 0 Å². The minimum atomic E-state index is 0.581. The Kier molecular flexibility index (Phi) is 5.13. The Bertz CT molecular complexity index is 299. The Morgan fingerprint density at radius 1 is 1.29 bits per heavy atom. The first-order valence-corrected chi connectivity index (χ1v) is 6.39. The lowest BCUT2D eigenvalue weighted by Crippen LogP contribution is -2.24. The summed E-state index contributed by atoms with van der Waals surface area (Å²) in [6, 6.07) is 6.92. The molecule has 1 aromatic rings. The zero-order chi connectivity index (χ0) is 10.6. The Labute approximate surface area is 103 Å². The van der Waals surface area contributed by atoms with Crippen molar-refractivity contribution < 1.29 is 0 Å². The highest BCUT2D eigenvalue weighted by Gasteiger charge is 2.00. The summed E-state index contributed by atoms with van der Waals surface area (Å²) in [6.45, 7) is 5.32. The van der Waals surface area contributed by atoms with Crippen molar-refractivity contribution in [2.45, 2.75) is 32.9 Å². The number of benzene rings is 1. The monoisotopic (exact) mass is 319 g/mol. The minimum absolute atomic E-state index is 0.581. The number of hydrogen-bond acceptors (Lipinski definition) is 1. The first-order chi connectivity index (χ1) is 6.63. The van der Waals surface area contributed by atoms with Crippen molar-refractivity contribution in [3.8, 4) is 0 Å². The van der Waals surface area contributed by atoms with Crippen molar-refractivity contribution in [2.75, 3.05) is 0 Å². The van der Waals surface area contributed by atoms with E-state index in [1.54, 1.807) is 0 Å². The standard InChI is InChI=1S/C11H15Br2N/c1-3-8(2)14-7-9-4-5-10(12)11(13)6-9/h4-6,8,14H,3,7H2,1-2H3. The van der Waals surface area contributed by atoms with Gasteiger partial charge in [-0.05, 0) is 62.9 Å². The van der Waals surface area contributed by atoms with Crippen LogP contribution in [0.2, 0.25) is 0 Å². The maximum Gasteiger partial charge on any atom is 0.0320 e. The topological polar surface area (TPSA) is 12.0 Å². The highest BCUT2D eigenvalue weighted by atomic mass is 79.9. The van der Waals surface area contributed by atoms with E-state index in [2.05, 4.69) is 69.2 Å². The predicted molar refractivity (Wildman–Crippen MR) is 68.4 cm³/mol. The van der Waals surface area contributed by atoms with Crippen molar-refractivity contribution in [2.24, 2.45) is 0 Å². The molecule has 0 aliphatic heterocycles. The van der Waals surface area contributed by atoms with Crippen LogP contribution in [0.25, 0.3) is 0 Å². The van der Waals surface area contributed by atoms with Gasteiger partial charge in [-0.3, -0.25) is 0 Å². The molecule has 3 heteroatoms. The molecule has 1 N–H and O–H groups in total. The van der Waals surface area contributed by atoms with Crippen LogP contribution < -0.4 is 5.32 Å². The summed E-state index contributed by atoms with van der Waals surface area (Å²) in [5.74, 6) is 0. The van der Waals surface area contributed by atoms with E-state index >= 15 is 0 Å².